The maximum absolute atomic E-state index is 15.7. The number of allylic oxidation sites excluding steroid dienone is 2. The average Bonchev–Trinajstić information content (AvgIpc) is 2.98. The van der Waals surface area contributed by atoms with Crippen LogP contribution in [0.15, 0.2) is 29.8 Å². The summed E-state index contributed by atoms with van der Waals surface area (Å²) >= 11 is 0. The number of anilines is 2. The molecule has 0 bridgehead atoms. The fraction of sp³-hybridized carbons (Fsp3) is 0.458. The highest BCUT2D eigenvalue weighted by atomic mass is 19.4. The number of halogens is 12. The summed E-state index contributed by atoms with van der Waals surface area (Å²) in [6.07, 6.45) is 0. The molecule has 0 radical (unpaired) electrons. The fourth-order valence-electron chi connectivity index (χ4n) is 5.96. The van der Waals surface area contributed by atoms with E-state index in [9.17, 15) is 31.1 Å². The Balaban J connectivity index is 2.18. The molecule has 1 spiro atoms. The normalized spacial score (nSPS) is 25.8. The van der Waals surface area contributed by atoms with Crippen LogP contribution in [0.1, 0.15) is 11.1 Å². The SMILES string of the molecule is CN(C)c1ccc2c3c(ccc(N(C)C)c13)C1(C3=C2C(F)(F)C(F)(F)C3=O)C(F)(F)C(F)(F)C(F)(F)C1(F)F. The van der Waals surface area contributed by atoms with Gasteiger partial charge in [-0.25, -0.2) is 0 Å². The molecule has 5 rings (SSSR count). The van der Waals surface area contributed by atoms with Gasteiger partial charge in [-0.1, -0.05) is 12.1 Å². The number of ketones is 1. The van der Waals surface area contributed by atoms with Crippen molar-refractivity contribution in [1.29, 1.82) is 0 Å². The first-order valence-electron chi connectivity index (χ1n) is 11.0. The largest absolute Gasteiger partial charge is 0.379 e. The minimum Gasteiger partial charge on any atom is -0.377 e. The van der Waals surface area contributed by atoms with Crippen LogP contribution in [0.5, 0.6) is 0 Å². The van der Waals surface area contributed by atoms with Gasteiger partial charge >= 0.3 is 35.5 Å². The van der Waals surface area contributed by atoms with E-state index in [1.807, 2.05) is 0 Å². The highest BCUT2D eigenvalue weighted by Crippen LogP contribution is 2.78. The van der Waals surface area contributed by atoms with Gasteiger partial charge in [0.1, 0.15) is 0 Å². The third-order valence-electron chi connectivity index (χ3n) is 7.72. The molecular formula is C24H16F12N2O. The van der Waals surface area contributed by atoms with Crippen molar-refractivity contribution in [3.8, 4) is 0 Å². The summed E-state index contributed by atoms with van der Waals surface area (Å²) in [7, 11) is 5.37. The van der Waals surface area contributed by atoms with Gasteiger partial charge in [0.2, 0.25) is 5.78 Å². The highest BCUT2D eigenvalue weighted by molar-refractivity contribution is 6.23. The van der Waals surface area contributed by atoms with E-state index in [1.165, 1.54) is 38.0 Å². The first kappa shape index (κ1) is 27.4. The molecule has 0 aliphatic heterocycles. The molecular weight excluding hydrogens is 560 g/mol. The predicted octanol–water partition coefficient (Wildman–Crippen LogP) is 6.38. The Labute approximate surface area is 211 Å². The van der Waals surface area contributed by atoms with Gasteiger partial charge in [0.25, 0.3) is 0 Å². The first-order valence-corrected chi connectivity index (χ1v) is 11.0. The van der Waals surface area contributed by atoms with Gasteiger partial charge in [0.15, 0.2) is 5.41 Å². The van der Waals surface area contributed by atoms with Crippen LogP contribution >= 0.6 is 0 Å². The summed E-state index contributed by atoms with van der Waals surface area (Å²) in [4.78, 5) is 15.1. The van der Waals surface area contributed by atoms with Crippen LogP contribution in [0, 0.1) is 0 Å². The Kier molecular flexibility index (Phi) is 4.89. The minimum absolute atomic E-state index is 0.0685. The van der Waals surface area contributed by atoms with E-state index >= 15 is 26.3 Å². The quantitative estimate of drug-likeness (QED) is 0.388. The Bertz CT molecular complexity index is 1470. The molecule has 3 aliphatic rings. The van der Waals surface area contributed by atoms with Crippen LogP contribution < -0.4 is 9.80 Å². The van der Waals surface area contributed by atoms with Crippen molar-refractivity contribution in [2.24, 2.45) is 0 Å². The molecule has 3 nitrogen and oxygen atoms in total. The standard InChI is InChI=1S/C24H16F12N2O/c1-37(2)11-7-5-9-13-10(6-8-12(14(11)13)38(3)4)18(16-15(9)19(25,26)20(27,28)17(16)39)21(29,30)23(33,34)24(35,36)22(18,31)32/h5-8H,1-4H3. The lowest BCUT2D eigenvalue weighted by Crippen LogP contribution is -2.59. The van der Waals surface area contributed by atoms with Crippen molar-refractivity contribution in [3.63, 3.8) is 0 Å². The molecule has 0 heterocycles. The number of carbonyl (C=O) groups is 1. The molecule has 212 valence electrons. The average molecular weight is 576 g/mol. The molecule has 0 aromatic heterocycles. The topological polar surface area (TPSA) is 23.6 Å². The zero-order chi connectivity index (χ0) is 29.7. The zero-order valence-corrected chi connectivity index (χ0v) is 20.1. The summed E-state index contributed by atoms with van der Waals surface area (Å²) in [6, 6.07) is 2.75. The van der Waals surface area contributed by atoms with E-state index in [0.29, 0.717) is 6.07 Å². The molecule has 0 unspecified atom stereocenters. The summed E-state index contributed by atoms with van der Waals surface area (Å²) < 4.78 is 181. The summed E-state index contributed by atoms with van der Waals surface area (Å²) in [5, 5.41) is -1.53. The van der Waals surface area contributed by atoms with Gasteiger partial charge in [-0.3, -0.25) is 4.79 Å². The number of benzene rings is 2. The van der Waals surface area contributed by atoms with E-state index < -0.39 is 79.8 Å². The van der Waals surface area contributed by atoms with E-state index in [2.05, 4.69) is 0 Å². The Morgan fingerprint density at radius 2 is 0.974 bits per heavy atom. The third-order valence-corrected chi connectivity index (χ3v) is 7.72. The maximum Gasteiger partial charge on any atom is 0.379 e. The maximum atomic E-state index is 15.7. The summed E-state index contributed by atoms with van der Waals surface area (Å²) in [5.41, 5.74) is -13.9. The highest BCUT2D eigenvalue weighted by Gasteiger charge is 3.02. The summed E-state index contributed by atoms with van der Waals surface area (Å²) in [5.74, 6) is -42.5. The molecule has 1 saturated carbocycles. The van der Waals surface area contributed by atoms with Crippen molar-refractivity contribution < 1.29 is 57.5 Å². The van der Waals surface area contributed by atoms with Crippen LogP contribution in [-0.2, 0) is 10.2 Å². The van der Waals surface area contributed by atoms with Crippen molar-refractivity contribution in [1.82, 2.24) is 0 Å². The second-order valence-electron chi connectivity index (χ2n) is 10.1. The Hall–Kier alpha value is -3.13. The number of alkyl halides is 12. The number of hydrogen-bond acceptors (Lipinski definition) is 3. The van der Waals surface area contributed by atoms with Gasteiger partial charge < -0.3 is 9.80 Å². The van der Waals surface area contributed by atoms with Crippen LogP contribution in [0.2, 0.25) is 0 Å². The third kappa shape index (κ3) is 2.42. The lowest BCUT2D eigenvalue weighted by Gasteiger charge is -2.43. The van der Waals surface area contributed by atoms with Gasteiger partial charge in [-0.05, 0) is 28.6 Å². The molecule has 2 aromatic carbocycles. The number of hydrogen-bond donors (Lipinski definition) is 0. The number of Topliss-reactive ketones (excluding diaryl/α,β-unsaturated/α-hetero) is 1. The Morgan fingerprint density at radius 3 is 1.41 bits per heavy atom. The fourth-order valence-corrected chi connectivity index (χ4v) is 5.96. The van der Waals surface area contributed by atoms with Crippen LogP contribution in [-0.4, -0.2) is 69.5 Å². The van der Waals surface area contributed by atoms with Gasteiger partial charge in [0, 0.05) is 56.1 Å². The van der Waals surface area contributed by atoms with E-state index in [4.69, 9.17) is 0 Å². The molecule has 0 N–H and O–H groups in total. The van der Waals surface area contributed by atoms with Crippen molar-refractivity contribution in [3.05, 3.63) is 41.0 Å². The predicted molar refractivity (Wildman–Crippen MR) is 116 cm³/mol. The molecule has 2 aromatic rings. The number of nitrogens with zero attached hydrogens (tertiary/aromatic N) is 2. The van der Waals surface area contributed by atoms with Crippen molar-refractivity contribution in [2.75, 3.05) is 38.0 Å². The second-order valence-corrected chi connectivity index (χ2v) is 10.1. The van der Waals surface area contributed by atoms with Gasteiger partial charge in [-0.15, -0.1) is 0 Å². The van der Waals surface area contributed by atoms with E-state index in [-0.39, 0.29) is 17.4 Å². The minimum atomic E-state index is -6.96. The van der Waals surface area contributed by atoms with Gasteiger partial charge in [-0.2, -0.15) is 52.7 Å². The van der Waals surface area contributed by atoms with Crippen LogP contribution in [0.25, 0.3) is 16.3 Å². The molecule has 0 atom stereocenters. The first-order chi connectivity index (χ1) is 17.5. The van der Waals surface area contributed by atoms with Crippen LogP contribution in [0.4, 0.5) is 64.1 Å². The van der Waals surface area contributed by atoms with Gasteiger partial charge in [0.05, 0.1) is 0 Å². The lowest BCUT2D eigenvalue weighted by atomic mass is 9.61. The van der Waals surface area contributed by atoms with Crippen LogP contribution in [0.3, 0.4) is 0 Å². The zero-order valence-electron chi connectivity index (χ0n) is 20.1. The molecule has 0 amide bonds. The van der Waals surface area contributed by atoms with Crippen molar-refractivity contribution >= 4 is 33.5 Å². The molecule has 39 heavy (non-hydrogen) atoms. The number of carbonyl (C=O) groups excluding carboxylic acids is 1. The monoisotopic (exact) mass is 576 g/mol. The van der Waals surface area contributed by atoms with Crippen molar-refractivity contribution in [2.45, 2.75) is 41.0 Å². The van der Waals surface area contributed by atoms with E-state index in [1.54, 1.807) is 0 Å². The number of fused-ring (bicyclic) bond motifs is 3. The molecule has 0 saturated heterocycles. The number of rotatable bonds is 2. The molecule has 15 heteroatoms. The molecule has 3 aliphatic carbocycles. The smallest absolute Gasteiger partial charge is 0.377 e. The van der Waals surface area contributed by atoms with E-state index in [0.717, 1.165) is 12.1 Å². The second kappa shape index (κ2) is 6.95. The lowest BCUT2D eigenvalue weighted by molar-refractivity contribution is -0.303. The molecule has 1 fully saturated rings. The Morgan fingerprint density at radius 1 is 0.538 bits per heavy atom. The summed E-state index contributed by atoms with van der Waals surface area (Å²) in [6.45, 7) is 0.